The quantitative estimate of drug-likeness (QED) is 0.441. The lowest BCUT2D eigenvalue weighted by Crippen LogP contribution is -2.44. The number of rotatable bonds is 5. The van der Waals surface area contributed by atoms with Gasteiger partial charge in [-0.25, -0.2) is 9.97 Å². The van der Waals surface area contributed by atoms with E-state index in [1.165, 1.54) is 0 Å². The molecule has 0 atom stereocenters. The molecule has 178 valence electrons. The van der Waals surface area contributed by atoms with Crippen LogP contribution in [0.4, 0.5) is 23.3 Å². The highest BCUT2D eigenvalue weighted by Crippen LogP contribution is 2.30. The highest BCUT2D eigenvalue weighted by atomic mass is 35.5. The van der Waals surface area contributed by atoms with Crippen molar-refractivity contribution in [3.63, 3.8) is 0 Å². The van der Waals surface area contributed by atoms with Gasteiger partial charge in [0.05, 0.1) is 17.3 Å². The molecule has 0 unspecified atom stereocenters. The molecule has 0 radical (unpaired) electrons. The SMILES string of the molecule is Cc1c2ccc(Nc3ncc(Cl)c(N(C)C4CCN(c5ccc(C#N)cn5)CC4)n3)cc2nn1C. The highest BCUT2D eigenvalue weighted by molar-refractivity contribution is 6.32. The van der Waals surface area contributed by atoms with Gasteiger partial charge in [-0.15, -0.1) is 0 Å². The number of pyridine rings is 1. The maximum absolute atomic E-state index is 8.98. The normalized spacial score (nSPS) is 14.2. The second-order valence-corrected chi connectivity index (χ2v) is 9.18. The van der Waals surface area contributed by atoms with Crippen LogP contribution in [0.15, 0.2) is 42.7 Å². The van der Waals surface area contributed by atoms with Gasteiger partial charge in [-0.1, -0.05) is 11.6 Å². The second kappa shape index (κ2) is 9.39. The van der Waals surface area contributed by atoms with Gasteiger partial charge in [0.2, 0.25) is 5.95 Å². The van der Waals surface area contributed by atoms with Gasteiger partial charge in [0, 0.05) is 56.2 Å². The fraction of sp³-hybridized carbons (Fsp3) is 0.320. The number of nitrogens with one attached hydrogen (secondary N) is 1. The number of benzene rings is 1. The van der Waals surface area contributed by atoms with Crippen molar-refractivity contribution in [3.05, 3.63) is 59.0 Å². The number of nitriles is 1. The summed E-state index contributed by atoms with van der Waals surface area (Å²) in [6, 6.07) is 12.2. The van der Waals surface area contributed by atoms with Gasteiger partial charge in [-0.3, -0.25) is 4.68 Å². The predicted molar refractivity (Wildman–Crippen MR) is 138 cm³/mol. The minimum atomic E-state index is 0.290. The van der Waals surface area contributed by atoms with Crippen LogP contribution in [0.2, 0.25) is 5.02 Å². The Hall–Kier alpha value is -3.90. The van der Waals surface area contributed by atoms with Crippen LogP contribution < -0.4 is 15.1 Å². The van der Waals surface area contributed by atoms with E-state index in [1.54, 1.807) is 12.4 Å². The summed E-state index contributed by atoms with van der Waals surface area (Å²) in [6.07, 6.45) is 5.14. The molecule has 10 heteroatoms. The first-order valence-electron chi connectivity index (χ1n) is 11.5. The first-order valence-corrected chi connectivity index (χ1v) is 11.9. The third kappa shape index (κ3) is 4.57. The monoisotopic (exact) mass is 487 g/mol. The molecule has 1 N–H and O–H groups in total. The average molecular weight is 488 g/mol. The third-order valence-electron chi connectivity index (χ3n) is 6.66. The molecule has 0 saturated carbocycles. The van der Waals surface area contributed by atoms with Crippen molar-refractivity contribution in [1.82, 2.24) is 24.7 Å². The zero-order valence-corrected chi connectivity index (χ0v) is 20.7. The smallest absolute Gasteiger partial charge is 0.229 e. The average Bonchev–Trinajstić information content (AvgIpc) is 3.17. The molecule has 1 aromatic carbocycles. The van der Waals surface area contributed by atoms with Crippen molar-refractivity contribution in [2.24, 2.45) is 7.05 Å². The van der Waals surface area contributed by atoms with E-state index in [9.17, 15) is 0 Å². The first-order chi connectivity index (χ1) is 16.9. The van der Waals surface area contributed by atoms with Gasteiger partial charge in [0.1, 0.15) is 16.9 Å². The number of piperidine rings is 1. The van der Waals surface area contributed by atoms with Crippen molar-refractivity contribution in [2.75, 3.05) is 35.3 Å². The Morgan fingerprint density at radius 3 is 2.66 bits per heavy atom. The maximum atomic E-state index is 8.98. The van der Waals surface area contributed by atoms with Crippen LogP contribution in [-0.4, -0.2) is 50.9 Å². The van der Waals surface area contributed by atoms with E-state index in [4.69, 9.17) is 21.8 Å². The molecule has 1 saturated heterocycles. The number of aromatic nitrogens is 5. The molecule has 3 aromatic heterocycles. The van der Waals surface area contributed by atoms with Crippen molar-refractivity contribution in [1.29, 1.82) is 5.26 Å². The van der Waals surface area contributed by atoms with E-state index >= 15 is 0 Å². The third-order valence-corrected chi connectivity index (χ3v) is 6.93. The summed E-state index contributed by atoms with van der Waals surface area (Å²) in [6.45, 7) is 3.79. The summed E-state index contributed by atoms with van der Waals surface area (Å²) in [7, 11) is 3.97. The number of fused-ring (bicyclic) bond motifs is 1. The summed E-state index contributed by atoms with van der Waals surface area (Å²) in [5.41, 5.74) is 3.49. The van der Waals surface area contributed by atoms with Crippen LogP contribution in [0.25, 0.3) is 10.9 Å². The Kier molecular flexibility index (Phi) is 6.14. The van der Waals surface area contributed by atoms with Crippen molar-refractivity contribution in [3.8, 4) is 6.07 Å². The molecule has 4 aromatic rings. The summed E-state index contributed by atoms with van der Waals surface area (Å²) in [4.78, 5) is 17.9. The topological polar surface area (TPSA) is 98.8 Å². The lowest BCUT2D eigenvalue weighted by atomic mass is 10.0. The molecule has 0 bridgehead atoms. The minimum Gasteiger partial charge on any atom is -0.356 e. The molecule has 0 aliphatic carbocycles. The van der Waals surface area contributed by atoms with Crippen LogP contribution in [0.3, 0.4) is 0 Å². The molecule has 1 aliphatic rings. The van der Waals surface area contributed by atoms with Crippen molar-refractivity contribution >= 4 is 45.8 Å². The minimum absolute atomic E-state index is 0.290. The Morgan fingerprint density at radius 2 is 1.94 bits per heavy atom. The summed E-state index contributed by atoms with van der Waals surface area (Å²) in [5, 5.41) is 18.5. The van der Waals surface area contributed by atoms with Crippen molar-refractivity contribution < 1.29 is 0 Å². The lowest BCUT2D eigenvalue weighted by Gasteiger charge is -2.38. The van der Waals surface area contributed by atoms with Gasteiger partial charge >= 0.3 is 0 Å². The van der Waals surface area contributed by atoms with Crippen LogP contribution in [0.5, 0.6) is 0 Å². The Morgan fingerprint density at radius 1 is 1.14 bits per heavy atom. The predicted octanol–water partition coefficient (Wildman–Crippen LogP) is 4.44. The second-order valence-electron chi connectivity index (χ2n) is 8.78. The maximum Gasteiger partial charge on any atom is 0.229 e. The highest BCUT2D eigenvalue weighted by Gasteiger charge is 2.25. The van der Waals surface area contributed by atoms with Crippen molar-refractivity contribution in [2.45, 2.75) is 25.8 Å². The van der Waals surface area contributed by atoms with Crippen LogP contribution in [0.1, 0.15) is 24.1 Å². The zero-order chi connectivity index (χ0) is 24.5. The molecule has 5 rings (SSSR count). The Bertz CT molecular complexity index is 1400. The van der Waals surface area contributed by atoms with Gasteiger partial charge in [0.15, 0.2) is 5.82 Å². The summed E-state index contributed by atoms with van der Waals surface area (Å²) >= 11 is 6.51. The molecule has 1 fully saturated rings. The van der Waals surface area contributed by atoms with Gasteiger partial charge in [-0.2, -0.15) is 15.3 Å². The number of hydrogen-bond acceptors (Lipinski definition) is 8. The number of nitrogens with zero attached hydrogens (tertiary/aromatic N) is 8. The zero-order valence-electron chi connectivity index (χ0n) is 19.9. The van der Waals surface area contributed by atoms with E-state index in [1.807, 2.05) is 43.0 Å². The van der Waals surface area contributed by atoms with Crippen LogP contribution in [-0.2, 0) is 7.05 Å². The largest absolute Gasteiger partial charge is 0.356 e. The molecule has 1 aliphatic heterocycles. The molecule has 0 spiro atoms. The van der Waals surface area contributed by atoms with Gasteiger partial charge in [-0.05, 0) is 50.1 Å². The molecular formula is C25H26ClN9. The molecular weight excluding hydrogens is 462 g/mol. The van der Waals surface area contributed by atoms with E-state index in [0.29, 0.717) is 22.4 Å². The summed E-state index contributed by atoms with van der Waals surface area (Å²) < 4.78 is 1.88. The lowest BCUT2D eigenvalue weighted by molar-refractivity contribution is 0.478. The Labute approximate surface area is 209 Å². The molecule has 35 heavy (non-hydrogen) atoms. The van der Waals surface area contributed by atoms with E-state index in [0.717, 1.165) is 54.0 Å². The number of aryl methyl sites for hydroxylation is 2. The fourth-order valence-electron chi connectivity index (χ4n) is 4.50. The van der Waals surface area contributed by atoms with Gasteiger partial charge in [0.25, 0.3) is 0 Å². The molecule has 9 nitrogen and oxygen atoms in total. The molecule has 0 amide bonds. The first kappa shape index (κ1) is 22.9. The van der Waals surface area contributed by atoms with E-state index in [2.05, 4.69) is 49.2 Å². The summed E-state index contributed by atoms with van der Waals surface area (Å²) in [5.74, 6) is 2.09. The number of halogens is 1. The van der Waals surface area contributed by atoms with Crippen LogP contribution >= 0.6 is 11.6 Å². The van der Waals surface area contributed by atoms with E-state index in [-0.39, 0.29) is 6.04 Å². The fourth-order valence-corrected chi connectivity index (χ4v) is 4.72. The Balaban J connectivity index is 1.28. The standard InChI is InChI=1S/C25H26ClN9/c1-16-20-6-5-18(12-22(20)32-34(16)3)30-25-29-15-21(26)24(31-25)33(2)19-8-10-35(11-9-19)23-7-4-17(13-27)14-28-23/h4-7,12,14-15,19H,8-11H2,1-3H3,(H,29,30,31). The number of hydrogen-bond donors (Lipinski definition) is 1. The molecule has 4 heterocycles. The van der Waals surface area contributed by atoms with E-state index < -0.39 is 0 Å². The number of anilines is 4. The van der Waals surface area contributed by atoms with Crippen LogP contribution in [0, 0.1) is 18.3 Å². The van der Waals surface area contributed by atoms with Gasteiger partial charge < -0.3 is 15.1 Å².